The minimum absolute atomic E-state index is 0.0475. The maximum absolute atomic E-state index is 10.9. The molecule has 5 heteroatoms. The van der Waals surface area contributed by atoms with Gasteiger partial charge < -0.3 is 10.4 Å². The molecular weight excluding hydrogens is 190 g/mol. The highest BCUT2D eigenvalue weighted by Gasteiger charge is 2.17. The van der Waals surface area contributed by atoms with Gasteiger partial charge in [-0.15, -0.1) is 0 Å². The Labute approximate surface area is 82.1 Å². The van der Waals surface area contributed by atoms with E-state index in [2.05, 4.69) is 5.32 Å². The highest BCUT2D eigenvalue weighted by atomic mass is 32.2. The van der Waals surface area contributed by atoms with Crippen LogP contribution in [0.3, 0.4) is 0 Å². The van der Waals surface area contributed by atoms with Crippen molar-refractivity contribution >= 4 is 23.6 Å². The molecule has 0 atom stereocenters. The number of hydrogen-bond acceptors (Lipinski definition) is 3. The minimum Gasteiger partial charge on any atom is -0.481 e. The number of amides is 1. The third-order valence-electron chi connectivity index (χ3n) is 1.58. The average molecular weight is 205 g/mol. The van der Waals surface area contributed by atoms with Crippen molar-refractivity contribution in [1.29, 1.82) is 0 Å². The lowest BCUT2D eigenvalue weighted by Crippen LogP contribution is -2.36. The number of carboxylic acids is 1. The lowest BCUT2D eigenvalue weighted by atomic mass is 10.2. The second-order valence-electron chi connectivity index (χ2n) is 3.31. The van der Waals surface area contributed by atoms with Crippen molar-refractivity contribution < 1.29 is 14.7 Å². The van der Waals surface area contributed by atoms with E-state index in [1.807, 2.05) is 20.1 Å². The van der Waals surface area contributed by atoms with E-state index in [0.29, 0.717) is 6.54 Å². The topological polar surface area (TPSA) is 66.4 Å². The normalized spacial score (nSPS) is 11.0. The van der Waals surface area contributed by atoms with Crippen LogP contribution in [0.5, 0.6) is 0 Å². The van der Waals surface area contributed by atoms with Crippen molar-refractivity contribution in [2.45, 2.75) is 25.0 Å². The first-order valence-electron chi connectivity index (χ1n) is 3.91. The van der Waals surface area contributed by atoms with Gasteiger partial charge in [0.15, 0.2) is 0 Å². The molecule has 0 aliphatic carbocycles. The van der Waals surface area contributed by atoms with Crippen LogP contribution in [0.2, 0.25) is 0 Å². The molecule has 0 aromatic carbocycles. The highest BCUT2D eigenvalue weighted by molar-refractivity contribution is 7.99. The van der Waals surface area contributed by atoms with Crippen LogP contribution in [-0.4, -0.2) is 34.5 Å². The van der Waals surface area contributed by atoms with Gasteiger partial charge in [-0.05, 0) is 20.1 Å². The van der Waals surface area contributed by atoms with Gasteiger partial charge in [-0.2, -0.15) is 11.8 Å². The van der Waals surface area contributed by atoms with Crippen molar-refractivity contribution in [3.8, 4) is 0 Å². The molecule has 13 heavy (non-hydrogen) atoms. The first kappa shape index (κ1) is 12.3. The summed E-state index contributed by atoms with van der Waals surface area (Å²) in [5.41, 5.74) is 0. The van der Waals surface area contributed by atoms with E-state index in [0.717, 1.165) is 0 Å². The maximum Gasteiger partial charge on any atom is 0.312 e. The fraction of sp³-hybridized carbons (Fsp3) is 0.750. The van der Waals surface area contributed by atoms with Gasteiger partial charge >= 0.3 is 5.97 Å². The Balaban J connectivity index is 3.76. The Bertz CT molecular complexity index is 204. The van der Waals surface area contributed by atoms with Gasteiger partial charge in [0.1, 0.15) is 6.42 Å². The smallest absolute Gasteiger partial charge is 0.312 e. The summed E-state index contributed by atoms with van der Waals surface area (Å²) in [6.45, 7) is 4.46. The number of aliphatic carboxylic acids is 1. The summed E-state index contributed by atoms with van der Waals surface area (Å²) in [5.74, 6) is -1.53. The molecule has 1 amide bonds. The van der Waals surface area contributed by atoms with Gasteiger partial charge in [0.05, 0.1) is 0 Å². The summed E-state index contributed by atoms with van der Waals surface area (Å²) < 4.78 is -0.0475. The van der Waals surface area contributed by atoms with Crippen LogP contribution in [0.25, 0.3) is 0 Å². The minimum atomic E-state index is -1.10. The first-order chi connectivity index (χ1) is 5.87. The third-order valence-corrected chi connectivity index (χ3v) is 2.83. The van der Waals surface area contributed by atoms with Crippen LogP contribution in [0.1, 0.15) is 20.3 Å². The van der Waals surface area contributed by atoms with Crippen LogP contribution < -0.4 is 5.32 Å². The molecule has 0 rings (SSSR count). The summed E-state index contributed by atoms with van der Waals surface area (Å²) >= 11 is 1.63. The Hall–Kier alpha value is -0.710. The van der Waals surface area contributed by atoms with E-state index in [1.54, 1.807) is 11.8 Å². The number of carbonyl (C=O) groups is 2. The predicted octanol–water partition coefficient (Wildman–Crippen LogP) is 0.719. The van der Waals surface area contributed by atoms with Gasteiger partial charge in [-0.25, -0.2) is 0 Å². The Morgan fingerprint density at radius 3 is 2.38 bits per heavy atom. The Morgan fingerprint density at radius 1 is 1.46 bits per heavy atom. The second kappa shape index (κ2) is 5.11. The molecule has 0 fully saturated rings. The van der Waals surface area contributed by atoms with E-state index in [4.69, 9.17) is 5.11 Å². The number of carbonyl (C=O) groups excluding carboxylic acids is 1. The number of rotatable bonds is 5. The molecule has 0 unspecified atom stereocenters. The maximum atomic E-state index is 10.9. The fourth-order valence-electron chi connectivity index (χ4n) is 0.583. The van der Waals surface area contributed by atoms with Crippen molar-refractivity contribution in [2.24, 2.45) is 0 Å². The van der Waals surface area contributed by atoms with Gasteiger partial charge in [-0.3, -0.25) is 9.59 Å². The quantitative estimate of drug-likeness (QED) is 0.649. The van der Waals surface area contributed by atoms with Crippen molar-refractivity contribution in [1.82, 2.24) is 5.32 Å². The summed E-state index contributed by atoms with van der Waals surface area (Å²) in [6.07, 6.45) is 1.49. The SMILES string of the molecule is CSC(C)(C)CNC(=O)CC(=O)O. The molecule has 0 aliphatic heterocycles. The van der Waals surface area contributed by atoms with Crippen molar-refractivity contribution in [3.05, 3.63) is 0 Å². The molecule has 0 aliphatic rings. The molecule has 2 N–H and O–H groups in total. The highest BCUT2D eigenvalue weighted by Crippen LogP contribution is 2.19. The largest absolute Gasteiger partial charge is 0.481 e. The second-order valence-corrected chi connectivity index (χ2v) is 4.82. The molecule has 0 spiro atoms. The van der Waals surface area contributed by atoms with Crippen molar-refractivity contribution in [3.63, 3.8) is 0 Å². The molecule has 0 aromatic heterocycles. The summed E-state index contributed by atoms with van der Waals surface area (Å²) in [7, 11) is 0. The molecule has 4 nitrogen and oxygen atoms in total. The zero-order valence-corrected chi connectivity index (χ0v) is 8.90. The zero-order chi connectivity index (χ0) is 10.5. The average Bonchev–Trinajstić information content (AvgIpc) is 2.00. The third kappa shape index (κ3) is 6.45. The summed E-state index contributed by atoms with van der Waals surface area (Å²) in [5, 5.41) is 10.9. The van der Waals surface area contributed by atoms with E-state index in [-0.39, 0.29) is 4.75 Å². The van der Waals surface area contributed by atoms with Crippen molar-refractivity contribution in [2.75, 3.05) is 12.8 Å². The van der Waals surface area contributed by atoms with Crippen LogP contribution in [0.15, 0.2) is 0 Å². The van der Waals surface area contributed by atoms with Crippen LogP contribution in [0.4, 0.5) is 0 Å². The van der Waals surface area contributed by atoms with Crippen LogP contribution in [0, 0.1) is 0 Å². The van der Waals surface area contributed by atoms with Gasteiger partial charge in [-0.1, -0.05) is 0 Å². The molecule has 76 valence electrons. The number of thioether (sulfide) groups is 1. The number of nitrogens with one attached hydrogen (secondary N) is 1. The zero-order valence-electron chi connectivity index (χ0n) is 8.09. The molecule has 0 saturated heterocycles. The standard InChI is InChI=1S/C8H15NO3S/c1-8(2,13-3)5-9-6(10)4-7(11)12/h4-5H2,1-3H3,(H,9,10)(H,11,12). The van der Waals surface area contributed by atoms with E-state index < -0.39 is 18.3 Å². The summed E-state index contributed by atoms with van der Waals surface area (Å²) in [4.78, 5) is 21.1. The first-order valence-corrected chi connectivity index (χ1v) is 5.13. The number of hydrogen-bond donors (Lipinski definition) is 2. The predicted molar refractivity (Wildman–Crippen MR) is 52.9 cm³/mol. The molecule has 0 aromatic rings. The summed E-state index contributed by atoms with van der Waals surface area (Å²) in [6, 6.07) is 0. The fourth-order valence-corrected chi connectivity index (χ4v) is 0.800. The Kier molecular flexibility index (Phi) is 4.83. The van der Waals surface area contributed by atoms with E-state index >= 15 is 0 Å². The van der Waals surface area contributed by atoms with E-state index in [9.17, 15) is 9.59 Å². The molecule has 0 saturated carbocycles. The lowest BCUT2D eigenvalue weighted by Gasteiger charge is -2.21. The van der Waals surface area contributed by atoms with Crippen LogP contribution >= 0.6 is 11.8 Å². The lowest BCUT2D eigenvalue weighted by molar-refractivity contribution is -0.140. The van der Waals surface area contributed by atoms with Gasteiger partial charge in [0.2, 0.25) is 5.91 Å². The Morgan fingerprint density at radius 2 is 2.00 bits per heavy atom. The molecule has 0 bridgehead atoms. The molecule has 0 heterocycles. The molecular formula is C8H15NO3S. The number of carboxylic acid groups (broad SMARTS) is 1. The van der Waals surface area contributed by atoms with Gasteiger partial charge in [0, 0.05) is 11.3 Å². The van der Waals surface area contributed by atoms with E-state index in [1.165, 1.54) is 0 Å². The molecule has 0 radical (unpaired) electrons. The monoisotopic (exact) mass is 205 g/mol. The van der Waals surface area contributed by atoms with Crippen LogP contribution in [-0.2, 0) is 9.59 Å². The van der Waals surface area contributed by atoms with Gasteiger partial charge in [0.25, 0.3) is 0 Å².